The molecule has 5 N–H and O–H groups in total. The fourth-order valence-corrected chi connectivity index (χ4v) is 3.32. The molecule has 2 amide bonds. The summed E-state index contributed by atoms with van der Waals surface area (Å²) >= 11 is 0. The highest BCUT2D eigenvalue weighted by Crippen LogP contribution is 2.19. The van der Waals surface area contributed by atoms with Crippen LogP contribution in [0.5, 0.6) is 0 Å². The van der Waals surface area contributed by atoms with Gasteiger partial charge in [0.15, 0.2) is 0 Å². The van der Waals surface area contributed by atoms with E-state index in [-0.39, 0.29) is 6.42 Å². The molecule has 1 heterocycles. The van der Waals surface area contributed by atoms with Crippen molar-refractivity contribution in [3.8, 4) is 0 Å². The zero-order valence-electron chi connectivity index (χ0n) is 16.8. The topological polar surface area (TPSA) is 117 Å². The number of aromatic amines is 1. The highest BCUT2D eigenvalue weighted by Gasteiger charge is 2.25. The second-order valence-electron chi connectivity index (χ2n) is 7.35. The number of carbonyl (C=O) groups is 3. The van der Waals surface area contributed by atoms with Crippen molar-refractivity contribution in [1.82, 2.24) is 15.6 Å². The number of hydrogen-bond acceptors (Lipinski definition) is 4. The Kier molecular flexibility index (Phi) is 6.98. The lowest BCUT2D eigenvalue weighted by atomic mass is 10.0. The van der Waals surface area contributed by atoms with E-state index in [9.17, 15) is 14.4 Å². The van der Waals surface area contributed by atoms with Gasteiger partial charge >= 0.3 is 0 Å². The van der Waals surface area contributed by atoms with Crippen molar-refractivity contribution in [3.63, 3.8) is 0 Å². The molecule has 0 unspecified atom stereocenters. The summed E-state index contributed by atoms with van der Waals surface area (Å²) in [5.74, 6) is -0.858. The molecule has 1 aromatic heterocycles. The number of nitrogens with two attached hydrogens (primary N) is 1. The Morgan fingerprint density at radius 1 is 1.00 bits per heavy atom. The van der Waals surface area contributed by atoms with Crippen molar-refractivity contribution in [1.29, 1.82) is 0 Å². The summed E-state index contributed by atoms with van der Waals surface area (Å²) in [6.45, 7) is 1.56. The highest BCUT2D eigenvalue weighted by atomic mass is 16.2. The van der Waals surface area contributed by atoms with Crippen molar-refractivity contribution >= 4 is 29.0 Å². The second kappa shape index (κ2) is 9.84. The van der Waals surface area contributed by atoms with Gasteiger partial charge in [-0.15, -0.1) is 0 Å². The first-order valence-electron chi connectivity index (χ1n) is 9.88. The lowest BCUT2D eigenvalue weighted by molar-refractivity contribution is -0.130. The quantitative estimate of drug-likeness (QED) is 0.403. The van der Waals surface area contributed by atoms with E-state index in [2.05, 4.69) is 15.6 Å². The lowest BCUT2D eigenvalue weighted by Crippen LogP contribution is -2.54. The molecule has 7 nitrogen and oxygen atoms in total. The Labute approximate surface area is 175 Å². The third kappa shape index (κ3) is 5.33. The maximum Gasteiger partial charge on any atom is 0.243 e. The Bertz CT molecular complexity index is 1010. The predicted molar refractivity (Wildman–Crippen MR) is 116 cm³/mol. The first-order chi connectivity index (χ1) is 14.5. The largest absolute Gasteiger partial charge is 0.361 e. The molecule has 0 saturated carbocycles. The van der Waals surface area contributed by atoms with Crippen LogP contribution < -0.4 is 16.4 Å². The molecule has 0 saturated heterocycles. The van der Waals surface area contributed by atoms with Gasteiger partial charge in [0.1, 0.15) is 12.3 Å². The number of aldehydes is 1. The maximum atomic E-state index is 13.0. The molecule has 0 aliphatic heterocycles. The Balaban J connectivity index is 1.77. The van der Waals surface area contributed by atoms with Crippen LogP contribution in [-0.4, -0.2) is 41.2 Å². The van der Waals surface area contributed by atoms with Gasteiger partial charge in [-0.25, -0.2) is 0 Å². The maximum absolute atomic E-state index is 13.0. The minimum Gasteiger partial charge on any atom is -0.361 e. The fraction of sp³-hybridized carbons (Fsp3) is 0.261. The minimum atomic E-state index is -0.860. The summed E-state index contributed by atoms with van der Waals surface area (Å²) in [4.78, 5) is 39.9. The van der Waals surface area contributed by atoms with Crippen molar-refractivity contribution in [2.24, 2.45) is 5.73 Å². The number of benzene rings is 2. The van der Waals surface area contributed by atoms with E-state index in [0.29, 0.717) is 12.7 Å². The second-order valence-corrected chi connectivity index (χ2v) is 7.35. The monoisotopic (exact) mass is 406 g/mol. The number of carbonyl (C=O) groups excluding carboxylic acids is 3. The van der Waals surface area contributed by atoms with Gasteiger partial charge < -0.3 is 26.1 Å². The Morgan fingerprint density at radius 3 is 2.40 bits per heavy atom. The van der Waals surface area contributed by atoms with Crippen molar-refractivity contribution in [2.45, 2.75) is 37.9 Å². The van der Waals surface area contributed by atoms with Crippen LogP contribution in [0.25, 0.3) is 10.9 Å². The molecule has 0 radical (unpaired) electrons. The number of para-hydroxylation sites is 1. The summed E-state index contributed by atoms with van der Waals surface area (Å²) < 4.78 is 0. The van der Waals surface area contributed by atoms with Crippen LogP contribution in [0.4, 0.5) is 0 Å². The number of nitrogens with one attached hydrogen (secondary N) is 3. The minimum absolute atomic E-state index is 0.269. The average molecular weight is 406 g/mol. The molecular formula is C23H26N4O3. The molecular weight excluding hydrogens is 380 g/mol. The zero-order chi connectivity index (χ0) is 21.5. The summed E-state index contributed by atoms with van der Waals surface area (Å²) in [6.07, 6.45) is 3.17. The van der Waals surface area contributed by atoms with Crippen LogP contribution in [0.3, 0.4) is 0 Å². The predicted octanol–water partition coefficient (Wildman–Crippen LogP) is 1.47. The molecule has 156 valence electrons. The summed E-state index contributed by atoms with van der Waals surface area (Å²) in [5.41, 5.74) is 8.44. The molecule has 0 aliphatic rings. The Morgan fingerprint density at radius 2 is 1.70 bits per heavy atom. The zero-order valence-corrected chi connectivity index (χ0v) is 16.8. The van der Waals surface area contributed by atoms with Crippen LogP contribution in [0.15, 0.2) is 60.8 Å². The standard InChI is InChI=1S/C23H26N4O3/c1-15(24)22(29)27-21(12-17-13-25-20-10-6-5-9-19(17)20)23(30)26-18(14-28)11-16-7-3-2-4-8-16/h2-10,13-15,18,21,25H,11-12,24H2,1H3,(H,26,30)(H,27,29)/t15-,18+,21-/m0/s1. The first-order valence-corrected chi connectivity index (χ1v) is 9.88. The molecule has 0 aliphatic carbocycles. The van der Waals surface area contributed by atoms with E-state index in [4.69, 9.17) is 5.73 Å². The third-order valence-electron chi connectivity index (χ3n) is 4.94. The van der Waals surface area contributed by atoms with Crippen molar-refractivity contribution in [3.05, 3.63) is 71.9 Å². The molecule has 3 atom stereocenters. The molecule has 30 heavy (non-hydrogen) atoms. The number of aromatic nitrogens is 1. The van der Waals surface area contributed by atoms with Gasteiger partial charge in [-0.1, -0.05) is 48.5 Å². The summed E-state index contributed by atoms with van der Waals surface area (Å²) in [7, 11) is 0. The molecule has 7 heteroatoms. The smallest absolute Gasteiger partial charge is 0.243 e. The first kappa shape index (κ1) is 21.3. The third-order valence-corrected chi connectivity index (χ3v) is 4.94. The van der Waals surface area contributed by atoms with Crippen LogP contribution in [0, 0.1) is 0 Å². The number of rotatable bonds is 9. The fourth-order valence-electron chi connectivity index (χ4n) is 3.32. The van der Waals surface area contributed by atoms with Gasteiger partial charge in [0.05, 0.1) is 12.1 Å². The van der Waals surface area contributed by atoms with Gasteiger partial charge in [0.25, 0.3) is 0 Å². The van der Waals surface area contributed by atoms with Crippen molar-refractivity contribution in [2.75, 3.05) is 0 Å². The molecule has 2 aromatic carbocycles. The van der Waals surface area contributed by atoms with E-state index in [1.807, 2.05) is 60.8 Å². The van der Waals surface area contributed by atoms with Crippen molar-refractivity contribution < 1.29 is 14.4 Å². The molecule has 0 fully saturated rings. The molecule has 3 aromatic rings. The summed E-state index contributed by atoms with van der Waals surface area (Å²) in [6, 6.07) is 14.8. The molecule has 0 bridgehead atoms. The molecule has 3 rings (SSSR count). The highest BCUT2D eigenvalue weighted by molar-refractivity contribution is 5.92. The molecule has 0 spiro atoms. The lowest BCUT2D eigenvalue weighted by Gasteiger charge is -2.22. The normalized spacial score (nSPS) is 13.9. The van der Waals surface area contributed by atoms with Crippen LogP contribution in [0.2, 0.25) is 0 Å². The number of fused-ring (bicyclic) bond motifs is 1. The van der Waals surface area contributed by atoms with E-state index in [1.165, 1.54) is 0 Å². The Hall–Kier alpha value is -3.45. The van der Waals surface area contributed by atoms with E-state index >= 15 is 0 Å². The van der Waals surface area contributed by atoms with E-state index in [0.717, 1.165) is 22.0 Å². The van der Waals surface area contributed by atoms with Gasteiger partial charge in [-0.05, 0) is 30.5 Å². The van der Waals surface area contributed by atoms with Gasteiger partial charge in [0.2, 0.25) is 11.8 Å². The van der Waals surface area contributed by atoms with E-state index in [1.54, 1.807) is 6.92 Å². The van der Waals surface area contributed by atoms with Gasteiger partial charge in [0, 0.05) is 23.5 Å². The van der Waals surface area contributed by atoms with Gasteiger partial charge in [-0.3, -0.25) is 9.59 Å². The average Bonchev–Trinajstić information content (AvgIpc) is 3.16. The van der Waals surface area contributed by atoms with E-state index < -0.39 is 29.9 Å². The van der Waals surface area contributed by atoms with Crippen LogP contribution >= 0.6 is 0 Å². The SMILES string of the molecule is C[C@H](N)C(=O)N[C@@H](Cc1c[nH]c2ccccc12)C(=O)N[C@@H](C=O)Cc1ccccc1. The number of hydrogen-bond donors (Lipinski definition) is 4. The number of amides is 2. The summed E-state index contributed by atoms with van der Waals surface area (Å²) in [5, 5.41) is 6.43. The van der Waals surface area contributed by atoms with Gasteiger partial charge in [-0.2, -0.15) is 0 Å². The van der Waals surface area contributed by atoms with Crippen LogP contribution in [-0.2, 0) is 27.2 Å². The number of H-pyrrole nitrogens is 1. The van der Waals surface area contributed by atoms with Crippen LogP contribution in [0.1, 0.15) is 18.1 Å².